The number of carbonyl (C=O) groups excluding carboxylic acids is 1. The number of hydrogen-bond donors (Lipinski definition) is 0. The zero-order valence-corrected chi connectivity index (χ0v) is 16.9. The molecule has 1 amide bonds. The Bertz CT molecular complexity index is 1020. The van der Waals surface area contributed by atoms with E-state index in [0.717, 1.165) is 11.1 Å². The molecule has 0 bridgehead atoms. The maximum absolute atomic E-state index is 13.5. The first-order valence-electron chi connectivity index (χ1n) is 9.80. The topological polar surface area (TPSA) is 59.2 Å². The van der Waals surface area contributed by atoms with Crippen LogP contribution in [0.5, 0.6) is 0 Å². The van der Waals surface area contributed by atoms with Crippen LogP contribution in [0.4, 0.5) is 4.39 Å². The molecule has 0 aliphatic carbocycles. The van der Waals surface area contributed by atoms with E-state index in [1.165, 1.54) is 17.7 Å². The van der Waals surface area contributed by atoms with Gasteiger partial charge in [-0.3, -0.25) is 4.79 Å². The van der Waals surface area contributed by atoms with Crippen LogP contribution >= 0.6 is 0 Å². The van der Waals surface area contributed by atoms with Gasteiger partial charge in [0.05, 0.1) is 0 Å². The van der Waals surface area contributed by atoms with Gasteiger partial charge in [-0.15, -0.1) is 0 Å². The molecular weight excluding hydrogens is 369 g/mol. The maximum atomic E-state index is 13.5. The van der Waals surface area contributed by atoms with Crippen molar-refractivity contribution >= 4 is 5.91 Å². The first kappa shape index (κ1) is 19.3. The summed E-state index contributed by atoms with van der Waals surface area (Å²) in [4.78, 5) is 18.6. The lowest BCUT2D eigenvalue weighted by Gasteiger charge is -2.22. The molecule has 2 heterocycles. The summed E-state index contributed by atoms with van der Waals surface area (Å²) >= 11 is 0. The number of hydrogen-bond acceptors (Lipinski definition) is 4. The smallest absolute Gasteiger partial charge is 0.249 e. The summed E-state index contributed by atoms with van der Waals surface area (Å²) in [5, 5.41) is 4.12. The normalized spacial score (nSPS) is 17.2. The Balaban J connectivity index is 1.55. The summed E-state index contributed by atoms with van der Waals surface area (Å²) in [7, 11) is 0. The Hall–Kier alpha value is -3.02. The highest BCUT2D eigenvalue weighted by molar-refractivity contribution is 5.78. The first-order valence-corrected chi connectivity index (χ1v) is 9.80. The number of benzene rings is 2. The second-order valence-corrected chi connectivity index (χ2v) is 8.49. The number of halogens is 1. The molecule has 1 atom stereocenters. The molecule has 150 valence electrons. The monoisotopic (exact) mass is 393 g/mol. The Morgan fingerprint density at radius 3 is 2.62 bits per heavy atom. The molecule has 1 unspecified atom stereocenters. The molecule has 0 N–H and O–H groups in total. The van der Waals surface area contributed by atoms with Crippen molar-refractivity contribution in [1.82, 2.24) is 15.0 Å². The van der Waals surface area contributed by atoms with Crippen LogP contribution in [-0.4, -0.2) is 20.9 Å². The van der Waals surface area contributed by atoms with E-state index < -0.39 is 0 Å². The van der Waals surface area contributed by atoms with Gasteiger partial charge >= 0.3 is 0 Å². The lowest BCUT2D eigenvalue weighted by atomic mass is 9.87. The number of likely N-dealkylation sites (tertiary alicyclic amines) is 1. The van der Waals surface area contributed by atoms with Crippen molar-refractivity contribution in [3.8, 4) is 11.4 Å². The van der Waals surface area contributed by atoms with E-state index in [0.29, 0.717) is 31.1 Å². The fourth-order valence-corrected chi connectivity index (χ4v) is 3.63. The van der Waals surface area contributed by atoms with Gasteiger partial charge in [-0.1, -0.05) is 62.3 Å². The van der Waals surface area contributed by atoms with Crippen LogP contribution in [0.3, 0.4) is 0 Å². The molecule has 1 fully saturated rings. The van der Waals surface area contributed by atoms with Crippen molar-refractivity contribution in [3.05, 3.63) is 71.4 Å². The number of carbonyl (C=O) groups is 1. The molecule has 5 nitrogen and oxygen atoms in total. The van der Waals surface area contributed by atoms with Crippen LogP contribution in [0, 0.1) is 5.82 Å². The molecule has 4 rings (SSSR count). The largest absolute Gasteiger partial charge is 0.337 e. The molecule has 3 aromatic rings. The molecule has 2 aromatic carbocycles. The third-order valence-corrected chi connectivity index (χ3v) is 5.31. The van der Waals surface area contributed by atoms with Crippen LogP contribution in [0.25, 0.3) is 11.4 Å². The molecule has 1 aliphatic heterocycles. The van der Waals surface area contributed by atoms with Gasteiger partial charge in [0.2, 0.25) is 17.6 Å². The highest BCUT2D eigenvalue weighted by Crippen LogP contribution is 2.34. The van der Waals surface area contributed by atoms with Gasteiger partial charge in [0.15, 0.2) is 0 Å². The Morgan fingerprint density at radius 1 is 1.17 bits per heavy atom. The van der Waals surface area contributed by atoms with Gasteiger partial charge in [0.25, 0.3) is 0 Å². The first-order chi connectivity index (χ1) is 13.8. The van der Waals surface area contributed by atoms with Crippen LogP contribution in [0.2, 0.25) is 0 Å². The average molecular weight is 393 g/mol. The third-order valence-electron chi connectivity index (χ3n) is 5.31. The number of nitrogens with zero attached hydrogens (tertiary/aromatic N) is 3. The summed E-state index contributed by atoms with van der Waals surface area (Å²) in [5.41, 5.74) is 2.91. The van der Waals surface area contributed by atoms with Crippen molar-refractivity contribution in [2.75, 3.05) is 0 Å². The summed E-state index contributed by atoms with van der Waals surface area (Å²) in [6, 6.07) is 14.1. The molecule has 0 radical (unpaired) electrons. The maximum Gasteiger partial charge on any atom is 0.249 e. The highest BCUT2D eigenvalue weighted by Gasteiger charge is 2.36. The molecular formula is C23H24FN3O2. The van der Waals surface area contributed by atoms with E-state index in [9.17, 15) is 9.18 Å². The lowest BCUT2D eigenvalue weighted by molar-refractivity contribution is -0.130. The van der Waals surface area contributed by atoms with Crippen LogP contribution < -0.4 is 0 Å². The number of aromatic nitrogens is 2. The van der Waals surface area contributed by atoms with Crippen LogP contribution in [0.15, 0.2) is 53.1 Å². The minimum absolute atomic E-state index is 0.00791. The molecule has 1 aliphatic rings. The fraction of sp³-hybridized carbons (Fsp3) is 0.348. The standard InChI is InChI=1S/C23H24FN3O2/c1-23(2,3)17-9-7-16(8-10-17)21-25-22(29-26-21)19-11-12-20(28)27(19)14-15-5-4-6-18(24)13-15/h4-10,13,19H,11-12,14H2,1-3H3. The van der Waals surface area contributed by atoms with Crippen molar-refractivity contribution in [1.29, 1.82) is 0 Å². The summed E-state index contributed by atoms with van der Waals surface area (Å²) < 4.78 is 19.0. The Morgan fingerprint density at radius 2 is 1.93 bits per heavy atom. The van der Waals surface area contributed by atoms with Crippen molar-refractivity contribution in [3.63, 3.8) is 0 Å². The van der Waals surface area contributed by atoms with Crippen molar-refractivity contribution in [2.45, 2.75) is 51.6 Å². The quantitative estimate of drug-likeness (QED) is 0.623. The van der Waals surface area contributed by atoms with Crippen molar-refractivity contribution < 1.29 is 13.7 Å². The average Bonchev–Trinajstić information content (AvgIpc) is 3.29. The zero-order valence-electron chi connectivity index (χ0n) is 16.9. The number of rotatable bonds is 4. The molecule has 29 heavy (non-hydrogen) atoms. The van der Waals surface area contributed by atoms with E-state index in [1.807, 2.05) is 18.2 Å². The Labute approximate surface area is 169 Å². The molecule has 1 saturated heterocycles. The van der Waals surface area contributed by atoms with E-state index >= 15 is 0 Å². The second-order valence-electron chi connectivity index (χ2n) is 8.49. The predicted octanol–water partition coefficient (Wildman–Crippen LogP) is 5.04. The van der Waals surface area contributed by atoms with E-state index in [-0.39, 0.29) is 23.2 Å². The van der Waals surface area contributed by atoms with Crippen LogP contribution in [-0.2, 0) is 16.8 Å². The predicted molar refractivity (Wildman–Crippen MR) is 107 cm³/mol. The summed E-state index contributed by atoms with van der Waals surface area (Å²) in [6.45, 7) is 6.82. The minimum Gasteiger partial charge on any atom is -0.337 e. The zero-order chi connectivity index (χ0) is 20.6. The minimum atomic E-state index is -0.315. The number of amides is 1. The van der Waals surface area contributed by atoms with Gasteiger partial charge in [-0.2, -0.15) is 4.98 Å². The van der Waals surface area contributed by atoms with Gasteiger partial charge in [-0.05, 0) is 35.1 Å². The molecule has 0 saturated carbocycles. The van der Waals surface area contributed by atoms with Gasteiger partial charge in [-0.25, -0.2) is 4.39 Å². The molecule has 6 heteroatoms. The SMILES string of the molecule is CC(C)(C)c1ccc(-c2noc(C3CCC(=O)N3Cc3cccc(F)c3)n2)cc1. The second kappa shape index (κ2) is 7.43. The van der Waals surface area contributed by atoms with E-state index in [1.54, 1.807) is 11.0 Å². The van der Waals surface area contributed by atoms with Crippen LogP contribution in [0.1, 0.15) is 56.7 Å². The van der Waals surface area contributed by atoms with Gasteiger partial charge in [0.1, 0.15) is 11.9 Å². The highest BCUT2D eigenvalue weighted by atomic mass is 19.1. The summed E-state index contributed by atoms with van der Waals surface area (Å²) in [6.07, 6.45) is 1.02. The fourth-order valence-electron chi connectivity index (χ4n) is 3.63. The lowest BCUT2D eigenvalue weighted by Crippen LogP contribution is -2.27. The molecule has 1 aromatic heterocycles. The summed E-state index contributed by atoms with van der Waals surface area (Å²) in [5.74, 6) is 0.616. The molecule has 0 spiro atoms. The van der Waals surface area contributed by atoms with Gasteiger partial charge in [0, 0.05) is 18.5 Å². The van der Waals surface area contributed by atoms with E-state index in [2.05, 4.69) is 43.0 Å². The van der Waals surface area contributed by atoms with Gasteiger partial charge < -0.3 is 9.42 Å². The van der Waals surface area contributed by atoms with E-state index in [4.69, 9.17) is 4.52 Å². The third kappa shape index (κ3) is 4.06. The Kier molecular flexibility index (Phi) is 4.94. The van der Waals surface area contributed by atoms with Crippen molar-refractivity contribution in [2.24, 2.45) is 0 Å².